The number of pyridine rings is 1. The first-order valence-electron chi connectivity index (χ1n) is 8.60. The highest BCUT2D eigenvalue weighted by molar-refractivity contribution is 7.15. The fourth-order valence-corrected chi connectivity index (χ4v) is 3.94. The van der Waals surface area contributed by atoms with Crippen LogP contribution in [0.5, 0.6) is 0 Å². The van der Waals surface area contributed by atoms with Gasteiger partial charge in [-0.15, -0.1) is 11.3 Å². The summed E-state index contributed by atoms with van der Waals surface area (Å²) in [6.45, 7) is 4.90. The van der Waals surface area contributed by atoms with E-state index in [1.165, 1.54) is 4.88 Å². The maximum atomic E-state index is 5.47. The van der Waals surface area contributed by atoms with Gasteiger partial charge in [0.1, 0.15) is 5.69 Å². The first-order valence-corrected chi connectivity index (χ1v) is 9.41. The molecule has 1 aliphatic rings. The summed E-state index contributed by atoms with van der Waals surface area (Å²) in [4.78, 5) is 14.4. The van der Waals surface area contributed by atoms with Crippen molar-refractivity contribution in [2.75, 3.05) is 38.3 Å². The molecule has 1 fully saturated rings. The molecule has 7 nitrogen and oxygen atoms in total. The smallest absolute Gasteiger partial charge is 0.185 e. The number of aromatic nitrogens is 3. The monoisotopic (exact) mass is 371 g/mol. The fraction of sp³-hybridized carbons (Fsp3) is 0.389. The summed E-state index contributed by atoms with van der Waals surface area (Å²) in [5.41, 5.74) is 1.77. The van der Waals surface area contributed by atoms with E-state index in [-0.39, 0.29) is 0 Å². The summed E-state index contributed by atoms with van der Waals surface area (Å²) < 4.78 is 10.9. The van der Waals surface area contributed by atoms with Crippen molar-refractivity contribution < 1.29 is 9.26 Å². The molecule has 3 aromatic heterocycles. The van der Waals surface area contributed by atoms with Gasteiger partial charge in [-0.3, -0.25) is 9.88 Å². The van der Waals surface area contributed by atoms with Crippen molar-refractivity contribution in [3.63, 3.8) is 0 Å². The van der Waals surface area contributed by atoms with E-state index in [1.54, 1.807) is 23.7 Å². The van der Waals surface area contributed by atoms with Crippen LogP contribution in [-0.4, -0.2) is 53.4 Å². The molecular formula is C18H21N5O2S. The molecule has 0 amide bonds. The van der Waals surface area contributed by atoms with E-state index in [1.807, 2.05) is 24.4 Å². The molecule has 1 aliphatic heterocycles. The van der Waals surface area contributed by atoms with E-state index in [0.717, 1.165) is 55.0 Å². The minimum absolute atomic E-state index is 0.693. The van der Waals surface area contributed by atoms with Crippen LogP contribution in [-0.2, 0) is 17.8 Å². The third-order valence-electron chi connectivity index (χ3n) is 4.19. The van der Waals surface area contributed by atoms with Crippen molar-refractivity contribution in [3.8, 4) is 11.3 Å². The van der Waals surface area contributed by atoms with Gasteiger partial charge >= 0.3 is 0 Å². The van der Waals surface area contributed by atoms with Crippen molar-refractivity contribution in [2.45, 2.75) is 13.1 Å². The molecule has 0 spiro atoms. The number of anilines is 1. The molecule has 1 saturated heterocycles. The number of morpholine rings is 1. The third-order valence-corrected chi connectivity index (χ3v) is 5.23. The Bertz CT molecular complexity index is 829. The number of rotatable bonds is 6. The van der Waals surface area contributed by atoms with Crippen molar-refractivity contribution >= 4 is 16.5 Å². The van der Waals surface area contributed by atoms with Crippen molar-refractivity contribution in [1.82, 2.24) is 20.0 Å². The Morgan fingerprint density at radius 3 is 2.92 bits per heavy atom. The second-order valence-corrected chi connectivity index (χ2v) is 7.39. The average Bonchev–Trinajstić information content (AvgIpc) is 3.33. The van der Waals surface area contributed by atoms with Crippen LogP contribution >= 0.6 is 11.3 Å². The Balaban J connectivity index is 1.35. The Morgan fingerprint density at radius 1 is 1.23 bits per heavy atom. The number of hydrogen-bond donors (Lipinski definition) is 0. The topological polar surface area (TPSA) is 67.5 Å². The third kappa shape index (κ3) is 4.09. The van der Waals surface area contributed by atoms with Gasteiger partial charge in [0.25, 0.3) is 0 Å². The lowest BCUT2D eigenvalue weighted by Gasteiger charge is -2.26. The number of thiazole rings is 1. The molecule has 0 aliphatic carbocycles. The van der Waals surface area contributed by atoms with Gasteiger partial charge in [-0.2, -0.15) is 0 Å². The molecular weight excluding hydrogens is 350 g/mol. The highest BCUT2D eigenvalue weighted by Crippen LogP contribution is 2.25. The molecule has 0 N–H and O–H groups in total. The molecule has 0 unspecified atom stereocenters. The maximum absolute atomic E-state index is 5.47. The Morgan fingerprint density at radius 2 is 2.12 bits per heavy atom. The molecule has 0 bridgehead atoms. The molecule has 3 aromatic rings. The lowest BCUT2D eigenvalue weighted by molar-refractivity contribution is 0.122. The van der Waals surface area contributed by atoms with Crippen LogP contribution in [0.2, 0.25) is 0 Å². The summed E-state index contributed by atoms with van der Waals surface area (Å²) in [5, 5.41) is 5.22. The molecule has 0 atom stereocenters. The van der Waals surface area contributed by atoms with E-state index < -0.39 is 0 Å². The Kier molecular flexibility index (Phi) is 5.24. The van der Waals surface area contributed by atoms with Gasteiger partial charge in [-0.05, 0) is 19.2 Å². The fourth-order valence-electron chi connectivity index (χ4n) is 2.90. The van der Waals surface area contributed by atoms with Crippen molar-refractivity contribution in [3.05, 3.63) is 47.4 Å². The Labute approximate surface area is 156 Å². The second-order valence-electron chi connectivity index (χ2n) is 6.30. The molecule has 8 heteroatoms. The molecule has 4 rings (SSSR count). The summed E-state index contributed by atoms with van der Waals surface area (Å²) in [6.07, 6.45) is 5.50. The minimum atomic E-state index is 0.693. The van der Waals surface area contributed by atoms with Gasteiger partial charge in [0.05, 0.1) is 19.8 Å². The van der Waals surface area contributed by atoms with Gasteiger partial charge in [-0.25, -0.2) is 4.98 Å². The molecule has 0 aromatic carbocycles. The predicted octanol–water partition coefficient (Wildman–Crippen LogP) is 2.66. The normalized spacial score (nSPS) is 14.9. The van der Waals surface area contributed by atoms with E-state index in [4.69, 9.17) is 9.26 Å². The summed E-state index contributed by atoms with van der Waals surface area (Å²) >= 11 is 1.74. The van der Waals surface area contributed by atoms with Crippen LogP contribution in [0.25, 0.3) is 11.3 Å². The first kappa shape index (κ1) is 17.1. The second kappa shape index (κ2) is 7.94. The molecule has 4 heterocycles. The Hall–Kier alpha value is -2.29. The van der Waals surface area contributed by atoms with Crippen LogP contribution in [0.15, 0.2) is 41.3 Å². The van der Waals surface area contributed by atoms with Gasteiger partial charge in [0.2, 0.25) is 0 Å². The van der Waals surface area contributed by atoms with Crippen molar-refractivity contribution in [2.24, 2.45) is 0 Å². The van der Waals surface area contributed by atoms with Crippen LogP contribution in [0.4, 0.5) is 5.13 Å². The van der Waals surface area contributed by atoms with Gasteiger partial charge < -0.3 is 14.2 Å². The van der Waals surface area contributed by atoms with Crippen LogP contribution < -0.4 is 4.90 Å². The SMILES string of the molecule is CN(Cc1cc(-c2cccnc2)no1)Cc1cnc(N2CCOCC2)s1. The zero-order valence-corrected chi connectivity index (χ0v) is 15.5. The van der Waals surface area contributed by atoms with Gasteiger partial charge in [0.15, 0.2) is 10.9 Å². The zero-order chi connectivity index (χ0) is 17.8. The summed E-state index contributed by atoms with van der Waals surface area (Å²) in [6, 6.07) is 5.84. The lowest BCUT2D eigenvalue weighted by atomic mass is 10.2. The molecule has 0 saturated carbocycles. The first-order chi connectivity index (χ1) is 12.8. The zero-order valence-electron chi connectivity index (χ0n) is 14.7. The quantitative estimate of drug-likeness (QED) is 0.660. The lowest BCUT2D eigenvalue weighted by Crippen LogP contribution is -2.36. The van der Waals surface area contributed by atoms with Crippen LogP contribution in [0.3, 0.4) is 0 Å². The van der Waals surface area contributed by atoms with E-state index >= 15 is 0 Å². The predicted molar refractivity (Wildman–Crippen MR) is 100 cm³/mol. The maximum Gasteiger partial charge on any atom is 0.185 e. The number of nitrogens with zero attached hydrogens (tertiary/aromatic N) is 5. The molecule has 136 valence electrons. The summed E-state index contributed by atoms with van der Waals surface area (Å²) in [5.74, 6) is 0.837. The summed E-state index contributed by atoms with van der Waals surface area (Å²) in [7, 11) is 2.07. The van der Waals surface area contributed by atoms with E-state index in [9.17, 15) is 0 Å². The van der Waals surface area contributed by atoms with Gasteiger partial charge in [-0.1, -0.05) is 5.16 Å². The highest BCUT2D eigenvalue weighted by Gasteiger charge is 2.16. The van der Waals surface area contributed by atoms with Crippen molar-refractivity contribution in [1.29, 1.82) is 0 Å². The molecule has 26 heavy (non-hydrogen) atoms. The van der Waals surface area contributed by atoms with Crippen LogP contribution in [0.1, 0.15) is 10.6 Å². The standard InChI is InChI=1S/C18H21N5O2S/c1-22(12-15-9-17(21-25-15)14-3-2-4-19-10-14)13-16-11-20-18(26-16)23-5-7-24-8-6-23/h2-4,9-11H,5-8,12-13H2,1H3. The molecule has 0 radical (unpaired) electrons. The van der Waals surface area contributed by atoms with E-state index in [0.29, 0.717) is 6.54 Å². The number of ether oxygens (including phenoxy) is 1. The van der Waals surface area contributed by atoms with Crippen LogP contribution in [0, 0.1) is 0 Å². The largest absolute Gasteiger partial charge is 0.378 e. The van der Waals surface area contributed by atoms with E-state index in [2.05, 4.69) is 32.0 Å². The average molecular weight is 371 g/mol. The number of hydrogen-bond acceptors (Lipinski definition) is 8. The highest BCUT2D eigenvalue weighted by atomic mass is 32.1. The van der Waals surface area contributed by atoms with Gasteiger partial charge in [0, 0.05) is 54.7 Å². The minimum Gasteiger partial charge on any atom is -0.378 e.